The first-order chi connectivity index (χ1) is 9.27. The summed E-state index contributed by atoms with van der Waals surface area (Å²) in [7, 11) is 0. The predicted octanol–water partition coefficient (Wildman–Crippen LogP) is -3.10. The second kappa shape index (κ2) is 6.66. The van der Waals surface area contributed by atoms with Crippen LogP contribution in [0.1, 0.15) is 6.92 Å². The Morgan fingerprint density at radius 1 is 1.50 bits per heavy atom. The minimum atomic E-state index is -1.62. The van der Waals surface area contributed by atoms with Gasteiger partial charge in [0.05, 0.1) is 18.7 Å². The summed E-state index contributed by atoms with van der Waals surface area (Å²) in [6.07, 6.45) is -3.38. The van der Waals surface area contributed by atoms with E-state index in [-0.39, 0.29) is 0 Å². The van der Waals surface area contributed by atoms with Crippen LogP contribution in [-0.4, -0.2) is 69.3 Å². The molecule has 0 aromatic rings. The Labute approximate surface area is 114 Å². The lowest BCUT2D eigenvalue weighted by Gasteiger charge is -2.38. The van der Waals surface area contributed by atoms with Crippen LogP contribution in [0.15, 0.2) is 11.8 Å². The van der Waals surface area contributed by atoms with Gasteiger partial charge in [0, 0.05) is 6.92 Å². The number of rotatable bonds is 5. The lowest BCUT2D eigenvalue weighted by molar-refractivity contribution is -0.145. The molecule has 1 aliphatic heterocycles. The number of carboxylic acids is 1. The van der Waals surface area contributed by atoms with E-state index in [2.05, 4.69) is 5.32 Å². The van der Waals surface area contributed by atoms with Gasteiger partial charge in [-0.1, -0.05) is 0 Å². The van der Waals surface area contributed by atoms with E-state index in [1.54, 1.807) is 0 Å². The Morgan fingerprint density at radius 3 is 2.55 bits per heavy atom. The number of ether oxygens (including phenoxy) is 1. The molecule has 0 aromatic heterocycles. The van der Waals surface area contributed by atoms with E-state index in [4.69, 9.17) is 20.7 Å². The van der Waals surface area contributed by atoms with Gasteiger partial charge in [-0.3, -0.25) is 4.79 Å². The summed E-state index contributed by atoms with van der Waals surface area (Å²) < 4.78 is 5.06. The molecule has 1 heterocycles. The van der Waals surface area contributed by atoms with Gasteiger partial charge in [0.2, 0.25) is 11.7 Å². The lowest BCUT2D eigenvalue weighted by atomic mass is 9.92. The number of hydrogen-bond donors (Lipinski definition) is 6. The SMILES string of the molecule is CC(=O)NC1C(N)C=C(C(=O)O)O[C@H]1C(O)C(O)CO. The second-order valence-corrected chi connectivity index (χ2v) is 4.46. The molecule has 0 spiro atoms. The van der Waals surface area contributed by atoms with Crippen molar-refractivity contribution in [2.45, 2.75) is 37.3 Å². The summed E-state index contributed by atoms with van der Waals surface area (Å²) in [5, 5.41) is 39.5. The van der Waals surface area contributed by atoms with Crippen molar-refractivity contribution < 1.29 is 34.8 Å². The maximum atomic E-state index is 11.1. The number of hydrogen-bond acceptors (Lipinski definition) is 7. The van der Waals surface area contributed by atoms with Gasteiger partial charge in [-0.25, -0.2) is 4.79 Å². The van der Waals surface area contributed by atoms with Crippen molar-refractivity contribution in [3.63, 3.8) is 0 Å². The van der Waals surface area contributed by atoms with Gasteiger partial charge < -0.3 is 36.2 Å². The monoisotopic (exact) mass is 290 g/mol. The van der Waals surface area contributed by atoms with Crippen molar-refractivity contribution in [2.75, 3.05) is 6.61 Å². The van der Waals surface area contributed by atoms with Crippen molar-refractivity contribution in [2.24, 2.45) is 5.73 Å². The van der Waals surface area contributed by atoms with Gasteiger partial charge in [-0.15, -0.1) is 0 Å². The van der Waals surface area contributed by atoms with Gasteiger partial charge >= 0.3 is 5.97 Å². The van der Waals surface area contributed by atoms with Gasteiger partial charge in [0.15, 0.2) is 0 Å². The third-order valence-corrected chi connectivity index (χ3v) is 2.87. The number of aliphatic carboxylic acids is 1. The van der Waals surface area contributed by atoms with Crippen LogP contribution in [0.4, 0.5) is 0 Å². The molecule has 0 aliphatic carbocycles. The molecule has 5 atom stereocenters. The normalized spacial score (nSPS) is 28.9. The largest absolute Gasteiger partial charge is 0.478 e. The average molecular weight is 290 g/mol. The summed E-state index contributed by atoms with van der Waals surface area (Å²) >= 11 is 0. The molecule has 114 valence electrons. The third kappa shape index (κ3) is 3.67. The zero-order valence-electron chi connectivity index (χ0n) is 10.8. The summed E-state index contributed by atoms with van der Waals surface area (Å²) in [6.45, 7) is 0.463. The van der Waals surface area contributed by atoms with Crippen molar-refractivity contribution in [1.82, 2.24) is 5.32 Å². The predicted molar refractivity (Wildman–Crippen MR) is 65.3 cm³/mol. The van der Waals surface area contributed by atoms with E-state index in [1.165, 1.54) is 6.92 Å². The van der Waals surface area contributed by atoms with Gasteiger partial charge in [-0.2, -0.15) is 0 Å². The third-order valence-electron chi connectivity index (χ3n) is 2.87. The molecule has 0 bridgehead atoms. The molecule has 4 unspecified atom stereocenters. The van der Waals surface area contributed by atoms with E-state index in [0.29, 0.717) is 0 Å². The summed E-state index contributed by atoms with van der Waals surface area (Å²) in [4.78, 5) is 22.0. The Hall–Kier alpha value is -1.68. The van der Waals surface area contributed by atoms with Crippen LogP contribution in [0, 0.1) is 0 Å². The molecule has 9 nitrogen and oxygen atoms in total. The smallest absolute Gasteiger partial charge is 0.370 e. The van der Waals surface area contributed by atoms with Crippen molar-refractivity contribution >= 4 is 11.9 Å². The minimum Gasteiger partial charge on any atom is -0.478 e. The van der Waals surface area contributed by atoms with E-state index >= 15 is 0 Å². The Balaban J connectivity index is 3.04. The number of carbonyl (C=O) groups is 2. The second-order valence-electron chi connectivity index (χ2n) is 4.46. The van der Waals surface area contributed by atoms with Gasteiger partial charge in [0.1, 0.15) is 18.3 Å². The first-order valence-corrected chi connectivity index (χ1v) is 5.89. The number of aliphatic hydroxyl groups excluding tert-OH is 3. The number of carboxylic acid groups (broad SMARTS) is 1. The zero-order valence-corrected chi connectivity index (χ0v) is 10.8. The molecule has 0 aromatic carbocycles. The number of carbonyl (C=O) groups excluding carboxylic acids is 1. The fourth-order valence-electron chi connectivity index (χ4n) is 1.90. The van der Waals surface area contributed by atoms with Crippen molar-refractivity contribution in [1.29, 1.82) is 0 Å². The maximum absolute atomic E-state index is 11.1. The van der Waals surface area contributed by atoms with Crippen molar-refractivity contribution in [3.05, 3.63) is 11.8 Å². The Bertz CT molecular complexity index is 412. The standard InChI is InChI=1S/C11H18N2O7/c1-4(15)13-8-5(12)2-7(11(18)19)20-10(8)9(17)6(16)3-14/h2,5-6,8-10,14,16-17H,3,12H2,1H3,(H,13,15)(H,18,19)/t5?,6?,8?,9?,10-/m1/s1. The Kier molecular flexibility index (Phi) is 5.45. The quantitative estimate of drug-likeness (QED) is 0.310. The van der Waals surface area contributed by atoms with Gasteiger partial charge in [0.25, 0.3) is 0 Å². The number of nitrogens with two attached hydrogens (primary N) is 1. The highest BCUT2D eigenvalue weighted by atomic mass is 16.5. The highest BCUT2D eigenvalue weighted by molar-refractivity contribution is 5.84. The molecular weight excluding hydrogens is 272 g/mol. The molecule has 1 amide bonds. The molecule has 0 saturated carbocycles. The molecule has 9 heteroatoms. The van der Waals surface area contributed by atoms with Gasteiger partial charge in [-0.05, 0) is 6.08 Å². The summed E-state index contributed by atoms with van der Waals surface area (Å²) in [5.74, 6) is -2.34. The molecule has 7 N–H and O–H groups in total. The van der Waals surface area contributed by atoms with Crippen LogP contribution in [-0.2, 0) is 14.3 Å². The molecular formula is C11H18N2O7. The number of nitrogens with one attached hydrogen (secondary N) is 1. The Morgan fingerprint density at radius 2 is 2.10 bits per heavy atom. The van der Waals surface area contributed by atoms with E-state index < -0.39 is 54.6 Å². The maximum Gasteiger partial charge on any atom is 0.370 e. The highest BCUT2D eigenvalue weighted by Crippen LogP contribution is 2.21. The van der Waals surface area contributed by atoms with Crippen LogP contribution in [0.25, 0.3) is 0 Å². The molecule has 1 rings (SSSR count). The van der Waals surface area contributed by atoms with Crippen LogP contribution in [0.5, 0.6) is 0 Å². The number of aliphatic hydroxyl groups is 3. The van der Waals surface area contributed by atoms with E-state index in [1.807, 2.05) is 0 Å². The molecule has 20 heavy (non-hydrogen) atoms. The molecule has 0 radical (unpaired) electrons. The van der Waals surface area contributed by atoms with Crippen LogP contribution in [0.3, 0.4) is 0 Å². The van der Waals surface area contributed by atoms with Crippen LogP contribution in [0.2, 0.25) is 0 Å². The first-order valence-electron chi connectivity index (χ1n) is 5.89. The number of amides is 1. The van der Waals surface area contributed by atoms with Crippen LogP contribution < -0.4 is 11.1 Å². The first kappa shape index (κ1) is 16.4. The summed E-state index contributed by atoms with van der Waals surface area (Å²) in [5.41, 5.74) is 5.74. The molecule has 0 saturated heterocycles. The zero-order chi connectivity index (χ0) is 15.4. The van der Waals surface area contributed by atoms with Crippen molar-refractivity contribution in [3.8, 4) is 0 Å². The average Bonchev–Trinajstić information content (AvgIpc) is 2.38. The fourth-order valence-corrected chi connectivity index (χ4v) is 1.90. The van der Waals surface area contributed by atoms with E-state index in [9.17, 15) is 19.8 Å². The highest BCUT2D eigenvalue weighted by Gasteiger charge is 2.42. The minimum absolute atomic E-state index is 0.461. The summed E-state index contributed by atoms with van der Waals surface area (Å²) in [6, 6.07) is -1.86. The fraction of sp³-hybridized carbons (Fsp3) is 0.636. The topological polar surface area (TPSA) is 162 Å². The lowest BCUT2D eigenvalue weighted by Crippen LogP contribution is -2.62. The molecule has 0 fully saturated rings. The van der Waals surface area contributed by atoms with E-state index in [0.717, 1.165) is 6.08 Å². The van der Waals surface area contributed by atoms with Crippen LogP contribution >= 0.6 is 0 Å². The molecule has 1 aliphatic rings.